The summed E-state index contributed by atoms with van der Waals surface area (Å²) < 4.78 is 0. The molecule has 4 heteroatoms. The van der Waals surface area contributed by atoms with Crippen molar-refractivity contribution < 1.29 is 4.79 Å². The molecule has 0 aromatic heterocycles. The summed E-state index contributed by atoms with van der Waals surface area (Å²) in [5.41, 5.74) is 0. The lowest BCUT2D eigenvalue weighted by Gasteiger charge is -2.28. The summed E-state index contributed by atoms with van der Waals surface area (Å²) in [6, 6.07) is 0. The minimum Gasteiger partial charge on any atom is -0.317 e. The standard InChI is InChI=1S/C11H21N3O/c1-13-11(15)5-9-14(13)8-4-10-2-6-12-7-3-10/h10,12H,2-9H2,1H3. The van der Waals surface area contributed by atoms with Gasteiger partial charge in [-0.1, -0.05) is 0 Å². The normalized spacial score (nSPS) is 25.1. The number of carbonyl (C=O) groups is 1. The molecule has 2 heterocycles. The smallest absolute Gasteiger partial charge is 0.237 e. The van der Waals surface area contributed by atoms with E-state index >= 15 is 0 Å². The topological polar surface area (TPSA) is 35.6 Å². The Morgan fingerprint density at radius 3 is 2.73 bits per heavy atom. The highest BCUT2D eigenvalue weighted by Crippen LogP contribution is 2.18. The number of hydrazine groups is 1. The largest absolute Gasteiger partial charge is 0.317 e. The highest BCUT2D eigenvalue weighted by Gasteiger charge is 2.25. The highest BCUT2D eigenvalue weighted by atomic mass is 16.2. The van der Waals surface area contributed by atoms with Crippen LogP contribution in [-0.2, 0) is 4.79 Å². The summed E-state index contributed by atoms with van der Waals surface area (Å²) >= 11 is 0. The molecule has 0 atom stereocenters. The van der Waals surface area contributed by atoms with Crippen LogP contribution in [0.15, 0.2) is 0 Å². The van der Waals surface area contributed by atoms with Gasteiger partial charge in [-0.3, -0.25) is 9.80 Å². The summed E-state index contributed by atoms with van der Waals surface area (Å²) in [6.45, 7) is 4.30. The van der Waals surface area contributed by atoms with Crippen LogP contribution in [-0.4, -0.2) is 49.2 Å². The summed E-state index contributed by atoms with van der Waals surface area (Å²) in [4.78, 5) is 11.3. The van der Waals surface area contributed by atoms with Crippen molar-refractivity contribution in [2.45, 2.75) is 25.7 Å². The third kappa shape index (κ3) is 2.69. The van der Waals surface area contributed by atoms with Crippen molar-refractivity contribution in [2.24, 2.45) is 5.92 Å². The Labute approximate surface area is 91.6 Å². The third-order valence-corrected chi connectivity index (χ3v) is 3.62. The minimum atomic E-state index is 0.264. The van der Waals surface area contributed by atoms with Gasteiger partial charge in [0.05, 0.1) is 0 Å². The lowest BCUT2D eigenvalue weighted by molar-refractivity contribution is -0.135. The number of amides is 1. The second-order valence-corrected chi connectivity index (χ2v) is 4.60. The number of nitrogens with one attached hydrogen (secondary N) is 1. The fourth-order valence-corrected chi connectivity index (χ4v) is 2.46. The van der Waals surface area contributed by atoms with Gasteiger partial charge in [-0.25, -0.2) is 5.01 Å². The van der Waals surface area contributed by atoms with Gasteiger partial charge in [-0.15, -0.1) is 0 Å². The Hall–Kier alpha value is -0.610. The summed E-state index contributed by atoms with van der Waals surface area (Å²) in [5.74, 6) is 1.12. The van der Waals surface area contributed by atoms with Gasteiger partial charge >= 0.3 is 0 Å². The first-order valence-electron chi connectivity index (χ1n) is 5.99. The van der Waals surface area contributed by atoms with E-state index in [4.69, 9.17) is 0 Å². The Bertz CT molecular complexity index is 226. The van der Waals surface area contributed by atoms with E-state index in [0.29, 0.717) is 6.42 Å². The third-order valence-electron chi connectivity index (χ3n) is 3.62. The Kier molecular flexibility index (Phi) is 3.59. The van der Waals surface area contributed by atoms with Gasteiger partial charge < -0.3 is 5.32 Å². The molecule has 2 fully saturated rings. The van der Waals surface area contributed by atoms with Crippen LogP contribution in [0.5, 0.6) is 0 Å². The second-order valence-electron chi connectivity index (χ2n) is 4.60. The van der Waals surface area contributed by atoms with E-state index in [2.05, 4.69) is 10.3 Å². The van der Waals surface area contributed by atoms with E-state index in [1.807, 2.05) is 7.05 Å². The van der Waals surface area contributed by atoms with Crippen LogP contribution in [0.3, 0.4) is 0 Å². The fourth-order valence-electron chi connectivity index (χ4n) is 2.46. The number of hydrogen-bond donors (Lipinski definition) is 1. The molecule has 0 spiro atoms. The van der Waals surface area contributed by atoms with E-state index in [1.165, 1.54) is 32.4 Å². The molecule has 2 saturated heterocycles. The van der Waals surface area contributed by atoms with Crippen molar-refractivity contribution in [1.82, 2.24) is 15.3 Å². The molecule has 0 bridgehead atoms. The maximum atomic E-state index is 11.3. The molecule has 1 N–H and O–H groups in total. The van der Waals surface area contributed by atoms with Crippen LogP contribution in [0, 0.1) is 5.92 Å². The van der Waals surface area contributed by atoms with Gasteiger partial charge in [0.1, 0.15) is 0 Å². The Morgan fingerprint density at radius 1 is 1.40 bits per heavy atom. The summed E-state index contributed by atoms with van der Waals surface area (Å²) in [7, 11) is 1.89. The molecule has 0 aromatic carbocycles. The molecule has 15 heavy (non-hydrogen) atoms. The van der Waals surface area contributed by atoms with Crippen molar-refractivity contribution in [3.63, 3.8) is 0 Å². The van der Waals surface area contributed by atoms with Gasteiger partial charge in [-0.05, 0) is 38.3 Å². The predicted molar refractivity (Wildman–Crippen MR) is 59.2 cm³/mol. The average molecular weight is 211 g/mol. The number of carbonyl (C=O) groups excluding carboxylic acids is 1. The molecule has 1 amide bonds. The van der Waals surface area contributed by atoms with Gasteiger partial charge in [0.15, 0.2) is 0 Å². The van der Waals surface area contributed by atoms with Crippen LogP contribution in [0.2, 0.25) is 0 Å². The van der Waals surface area contributed by atoms with Crippen molar-refractivity contribution in [2.75, 3.05) is 33.2 Å². The molecule has 0 aromatic rings. The summed E-state index contributed by atoms with van der Waals surface area (Å²) in [5, 5.41) is 7.36. The zero-order valence-electron chi connectivity index (χ0n) is 9.54. The molecule has 2 aliphatic heterocycles. The molecular weight excluding hydrogens is 190 g/mol. The molecule has 2 aliphatic rings. The van der Waals surface area contributed by atoms with Crippen molar-refractivity contribution in [3.05, 3.63) is 0 Å². The molecule has 86 valence electrons. The van der Waals surface area contributed by atoms with Crippen LogP contribution in [0.4, 0.5) is 0 Å². The maximum absolute atomic E-state index is 11.3. The maximum Gasteiger partial charge on any atom is 0.237 e. The van der Waals surface area contributed by atoms with E-state index in [0.717, 1.165) is 19.0 Å². The second kappa shape index (κ2) is 4.94. The highest BCUT2D eigenvalue weighted by molar-refractivity contribution is 5.77. The fraction of sp³-hybridized carbons (Fsp3) is 0.909. The van der Waals surface area contributed by atoms with Crippen LogP contribution in [0.25, 0.3) is 0 Å². The van der Waals surface area contributed by atoms with Crippen LogP contribution in [0.1, 0.15) is 25.7 Å². The number of hydrogen-bond acceptors (Lipinski definition) is 3. The minimum absolute atomic E-state index is 0.264. The van der Waals surface area contributed by atoms with E-state index < -0.39 is 0 Å². The lowest BCUT2D eigenvalue weighted by Crippen LogP contribution is -2.37. The Morgan fingerprint density at radius 2 is 2.13 bits per heavy atom. The first-order chi connectivity index (χ1) is 7.27. The van der Waals surface area contributed by atoms with Gasteiger partial charge in [0.25, 0.3) is 0 Å². The zero-order valence-corrected chi connectivity index (χ0v) is 9.54. The molecule has 0 aliphatic carbocycles. The first-order valence-corrected chi connectivity index (χ1v) is 5.99. The monoisotopic (exact) mass is 211 g/mol. The van der Waals surface area contributed by atoms with Gasteiger partial charge in [0.2, 0.25) is 5.91 Å². The molecule has 0 saturated carbocycles. The lowest BCUT2D eigenvalue weighted by atomic mass is 9.95. The average Bonchev–Trinajstić information content (AvgIpc) is 2.59. The molecular formula is C11H21N3O. The first kappa shape index (κ1) is 10.9. The van der Waals surface area contributed by atoms with Gasteiger partial charge in [0, 0.05) is 26.6 Å². The number of rotatable bonds is 3. The molecule has 2 rings (SSSR count). The number of nitrogens with zero attached hydrogens (tertiary/aromatic N) is 2. The quantitative estimate of drug-likeness (QED) is 0.736. The van der Waals surface area contributed by atoms with Gasteiger partial charge in [-0.2, -0.15) is 0 Å². The van der Waals surface area contributed by atoms with E-state index in [1.54, 1.807) is 5.01 Å². The number of piperidine rings is 1. The summed E-state index contributed by atoms with van der Waals surface area (Å²) in [6.07, 6.45) is 4.53. The van der Waals surface area contributed by atoms with E-state index in [9.17, 15) is 4.79 Å². The zero-order chi connectivity index (χ0) is 10.7. The Balaban J connectivity index is 1.71. The molecule has 4 nitrogen and oxygen atoms in total. The van der Waals surface area contributed by atoms with Crippen molar-refractivity contribution in [1.29, 1.82) is 0 Å². The molecule has 0 unspecified atom stereocenters. The van der Waals surface area contributed by atoms with Crippen molar-refractivity contribution >= 4 is 5.91 Å². The van der Waals surface area contributed by atoms with Crippen LogP contribution < -0.4 is 5.32 Å². The van der Waals surface area contributed by atoms with Crippen LogP contribution >= 0.6 is 0 Å². The predicted octanol–water partition coefficient (Wildman–Crippen LogP) is 0.455. The van der Waals surface area contributed by atoms with E-state index in [-0.39, 0.29) is 5.91 Å². The SMILES string of the molecule is CN1C(=O)CCN1CCC1CCNCC1. The van der Waals surface area contributed by atoms with Crippen molar-refractivity contribution in [3.8, 4) is 0 Å². The molecule has 0 radical (unpaired) electrons.